The average molecular weight is 256 g/mol. The molecule has 1 N–H and O–H groups in total. The average Bonchev–Trinajstić information content (AvgIpc) is 2.82. The molecule has 1 aliphatic carbocycles. The van der Waals surface area contributed by atoms with Gasteiger partial charge in [-0.3, -0.25) is 0 Å². The van der Waals surface area contributed by atoms with Crippen molar-refractivity contribution in [2.45, 2.75) is 25.8 Å². The SMILES string of the molecule is CC1CC(Nc2nccc3cc4c(cc23)OCO4)C1. The Labute approximate surface area is 111 Å². The van der Waals surface area contributed by atoms with Crippen LogP contribution in [0.1, 0.15) is 19.8 Å². The number of anilines is 1. The molecule has 4 rings (SSSR count). The second kappa shape index (κ2) is 4.02. The lowest BCUT2D eigenvalue weighted by Crippen LogP contribution is -2.34. The summed E-state index contributed by atoms with van der Waals surface area (Å²) in [5, 5.41) is 5.77. The zero-order valence-electron chi connectivity index (χ0n) is 10.8. The van der Waals surface area contributed by atoms with Crippen LogP contribution in [0.3, 0.4) is 0 Å². The van der Waals surface area contributed by atoms with Gasteiger partial charge in [-0.25, -0.2) is 4.98 Å². The van der Waals surface area contributed by atoms with Gasteiger partial charge in [-0.2, -0.15) is 0 Å². The van der Waals surface area contributed by atoms with Gasteiger partial charge in [0.2, 0.25) is 6.79 Å². The third-order valence-corrected chi connectivity index (χ3v) is 3.97. The Hall–Kier alpha value is -1.97. The van der Waals surface area contributed by atoms with Gasteiger partial charge in [0.15, 0.2) is 11.5 Å². The van der Waals surface area contributed by atoms with E-state index in [1.54, 1.807) is 0 Å². The maximum absolute atomic E-state index is 5.45. The number of hydrogen-bond acceptors (Lipinski definition) is 4. The molecule has 98 valence electrons. The Bertz CT molecular complexity index is 635. The standard InChI is InChI=1S/C15H16N2O2/c1-9-4-11(5-9)17-15-12-7-14-13(18-8-19-14)6-10(12)2-3-16-15/h2-3,6-7,9,11H,4-5,8H2,1H3,(H,16,17). The number of benzene rings is 1. The maximum Gasteiger partial charge on any atom is 0.231 e. The van der Waals surface area contributed by atoms with Crippen LogP contribution >= 0.6 is 0 Å². The van der Waals surface area contributed by atoms with Crippen molar-refractivity contribution in [3.8, 4) is 11.5 Å². The van der Waals surface area contributed by atoms with E-state index in [1.165, 1.54) is 12.8 Å². The number of fused-ring (bicyclic) bond motifs is 2. The quantitative estimate of drug-likeness (QED) is 0.896. The largest absolute Gasteiger partial charge is 0.454 e. The van der Waals surface area contributed by atoms with Gasteiger partial charge in [-0.05, 0) is 42.3 Å². The third kappa shape index (κ3) is 1.79. The molecule has 1 aliphatic heterocycles. The summed E-state index contributed by atoms with van der Waals surface area (Å²) in [7, 11) is 0. The van der Waals surface area contributed by atoms with Crippen molar-refractivity contribution in [2.75, 3.05) is 12.1 Å². The number of hydrogen-bond donors (Lipinski definition) is 1. The predicted molar refractivity (Wildman–Crippen MR) is 73.7 cm³/mol. The molecule has 0 spiro atoms. The molecule has 0 atom stereocenters. The number of nitrogens with one attached hydrogen (secondary N) is 1. The molecule has 0 radical (unpaired) electrons. The van der Waals surface area contributed by atoms with Gasteiger partial charge >= 0.3 is 0 Å². The minimum Gasteiger partial charge on any atom is -0.454 e. The minimum atomic E-state index is 0.308. The lowest BCUT2D eigenvalue weighted by atomic mass is 9.82. The smallest absolute Gasteiger partial charge is 0.231 e. The van der Waals surface area contributed by atoms with Crippen molar-refractivity contribution >= 4 is 16.6 Å². The molecule has 1 fully saturated rings. The van der Waals surface area contributed by atoms with Crippen LogP contribution < -0.4 is 14.8 Å². The van der Waals surface area contributed by atoms with Crippen LogP contribution in [0.2, 0.25) is 0 Å². The number of nitrogens with zero attached hydrogens (tertiary/aromatic N) is 1. The Balaban J connectivity index is 1.74. The number of pyridine rings is 1. The monoisotopic (exact) mass is 256 g/mol. The summed E-state index contributed by atoms with van der Waals surface area (Å²) in [5.41, 5.74) is 0. The zero-order valence-corrected chi connectivity index (χ0v) is 10.8. The van der Waals surface area contributed by atoms with E-state index >= 15 is 0 Å². The van der Waals surface area contributed by atoms with Gasteiger partial charge in [0.25, 0.3) is 0 Å². The second-order valence-corrected chi connectivity index (χ2v) is 5.50. The Morgan fingerprint density at radius 3 is 2.79 bits per heavy atom. The number of aromatic nitrogens is 1. The van der Waals surface area contributed by atoms with E-state index in [2.05, 4.69) is 17.2 Å². The van der Waals surface area contributed by atoms with Crippen LogP contribution in [0.15, 0.2) is 24.4 Å². The van der Waals surface area contributed by atoms with Crippen LogP contribution in [0.4, 0.5) is 5.82 Å². The van der Waals surface area contributed by atoms with Gasteiger partial charge in [-0.1, -0.05) is 6.92 Å². The van der Waals surface area contributed by atoms with Crippen molar-refractivity contribution in [1.29, 1.82) is 0 Å². The summed E-state index contributed by atoms with van der Waals surface area (Å²) >= 11 is 0. The molecule has 4 heteroatoms. The number of rotatable bonds is 2. The van der Waals surface area contributed by atoms with Gasteiger partial charge < -0.3 is 14.8 Å². The molecular formula is C15H16N2O2. The van der Waals surface area contributed by atoms with Crippen LogP contribution in [-0.2, 0) is 0 Å². The fourth-order valence-electron chi connectivity index (χ4n) is 2.89. The molecule has 1 saturated carbocycles. The summed E-state index contributed by atoms with van der Waals surface area (Å²) in [4.78, 5) is 4.47. The van der Waals surface area contributed by atoms with Gasteiger partial charge in [0.05, 0.1) is 0 Å². The van der Waals surface area contributed by atoms with E-state index in [-0.39, 0.29) is 0 Å². The summed E-state index contributed by atoms with van der Waals surface area (Å²) in [6.45, 7) is 2.59. The normalized spacial score (nSPS) is 24.3. The van der Waals surface area contributed by atoms with Crippen molar-refractivity contribution in [3.05, 3.63) is 24.4 Å². The third-order valence-electron chi connectivity index (χ3n) is 3.97. The van der Waals surface area contributed by atoms with Crippen molar-refractivity contribution in [1.82, 2.24) is 4.98 Å². The molecule has 1 aromatic heterocycles. The Kier molecular flexibility index (Phi) is 2.31. The zero-order chi connectivity index (χ0) is 12.8. The fourth-order valence-corrected chi connectivity index (χ4v) is 2.89. The minimum absolute atomic E-state index is 0.308. The highest BCUT2D eigenvalue weighted by molar-refractivity contribution is 5.94. The highest BCUT2D eigenvalue weighted by atomic mass is 16.7. The molecule has 2 aromatic rings. The first kappa shape index (κ1) is 10.9. The predicted octanol–water partition coefficient (Wildman–Crippen LogP) is 3.17. The Morgan fingerprint density at radius 1 is 1.21 bits per heavy atom. The summed E-state index contributed by atoms with van der Waals surface area (Å²) < 4.78 is 10.9. The van der Waals surface area contributed by atoms with Crippen LogP contribution in [-0.4, -0.2) is 17.8 Å². The van der Waals surface area contributed by atoms with Gasteiger partial charge in [-0.15, -0.1) is 0 Å². The highest BCUT2D eigenvalue weighted by Crippen LogP contribution is 2.38. The van der Waals surface area contributed by atoms with E-state index < -0.39 is 0 Å². The van der Waals surface area contributed by atoms with Gasteiger partial charge in [0, 0.05) is 17.6 Å². The fraction of sp³-hybridized carbons (Fsp3) is 0.400. The molecule has 0 amide bonds. The molecule has 4 nitrogen and oxygen atoms in total. The van der Waals surface area contributed by atoms with E-state index in [0.717, 1.165) is 34.0 Å². The molecule has 0 saturated heterocycles. The first-order valence-electron chi connectivity index (χ1n) is 6.74. The molecule has 1 aromatic carbocycles. The second-order valence-electron chi connectivity index (χ2n) is 5.50. The molecule has 2 heterocycles. The van der Waals surface area contributed by atoms with Crippen LogP contribution in [0, 0.1) is 5.92 Å². The lowest BCUT2D eigenvalue weighted by molar-refractivity contribution is 0.174. The molecule has 2 aliphatic rings. The first-order valence-corrected chi connectivity index (χ1v) is 6.74. The highest BCUT2D eigenvalue weighted by Gasteiger charge is 2.26. The molecule has 0 bridgehead atoms. The lowest BCUT2D eigenvalue weighted by Gasteiger charge is -2.33. The van der Waals surface area contributed by atoms with Crippen LogP contribution in [0.5, 0.6) is 11.5 Å². The molecule has 0 unspecified atom stereocenters. The van der Waals surface area contributed by atoms with E-state index in [1.807, 2.05) is 24.4 Å². The van der Waals surface area contributed by atoms with Gasteiger partial charge in [0.1, 0.15) is 5.82 Å². The molecular weight excluding hydrogens is 240 g/mol. The number of ether oxygens (including phenoxy) is 2. The van der Waals surface area contributed by atoms with E-state index in [0.29, 0.717) is 12.8 Å². The summed E-state index contributed by atoms with van der Waals surface area (Å²) in [6, 6.07) is 6.60. The van der Waals surface area contributed by atoms with Crippen molar-refractivity contribution in [3.63, 3.8) is 0 Å². The Morgan fingerprint density at radius 2 is 2.00 bits per heavy atom. The first-order chi connectivity index (χ1) is 9.29. The summed E-state index contributed by atoms with van der Waals surface area (Å²) in [5.74, 6) is 3.41. The molecule has 19 heavy (non-hydrogen) atoms. The van der Waals surface area contributed by atoms with E-state index in [4.69, 9.17) is 9.47 Å². The van der Waals surface area contributed by atoms with Crippen LogP contribution in [0.25, 0.3) is 10.8 Å². The maximum atomic E-state index is 5.45. The van der Waals surface area contributed by atoms with Crippen molar-refractivity contribution in [2.24, 2.45) is 5.92 Å². The van der Waals surface area contributed by atoms with Crippen molar-refractivity contribution < 1.29 is 9.47 Å². The van der Waals surface area contributed by atoms with E-state index in [9.17, 15) is 0 Å². The summed E-state index contributed by atoms with van der Waals surface area (Å²) in [6.07, 6.45) is 4.29. The topological polar surface area (TPSA) is 43.4 Å².